The summed E-state index contributed by atoms with van der Waals surface area (Å²) in [6, 6.07) is 0.490. The molecule has 0 unspecified atom stereocenters. The molecule has 3 heterocycles. The zero-order valence-corrected chi connectivity index (χ0v) is 16.6. The minimum atomic E-state index is -0.598. The summed E-state index contributed by atoms with van der Waals surface area (Å²) < 4.78 is 11.0. The van der Waals surface area contributed by atoms with E-state index >= 15 is 0 Å². The van der Waals surface area contributed by atoms with Crippen molar-refractivity contribution in [1.29, 1.82) is 0 Å². The third kappa shape index (κ3) is 3.55. The normalized spacial score (nSPS) is 31.2. The van der Waals surface area contributed by atoms with E-state index in [9.17, 15) is 9.59 Å². The minimum Gasteiger partial charge on any atom is -0.466 e. The van der Waals surface area contributed by atoms with Crippen LogP contribution in [0.2, 0.25) is 0 Å². The Morgan fingerprint density at radius 3 is 2.86 bits per heavy atom. The van der Waals surface area contributed by atoms with E-state index in [0.29, 0.717) is 31.6 Å². The van der Waals surface area contributed by atoms with Gasteiger partial charge in [-0.15, -0.1) is 0 Å². The lowest BCUT2D eigenvalue weighted by Crippen LogP contribution is -2.59. The first-order valence-corrected chi connectivity index (χ1v) is 10.4. The number of nitrogens with one attached hydrogen (secondary N) is 1. The van der Waals surface area contributed by atoms with Gasteiger partial charge in [-0.05, 0) is 38.5 Å². The summed E-state index contributed by atoms with van der Waals surface area (Å²) >= 11 is 0. The molecule has 8 nitrogen and oxygen atoms in total. The van der Waals surface area contributed by atoms with Gasteiger partial charge in [0, 0.05) is 44.6 Å². The van der Waals surface area contributed by atoms with Crippen LogP contribution in [0.4, 0.5) is 0 Å². The molecular weight excluding hydrogens is 360 g/mol. The first-order valence-electron chi connectivity index (χ1n) is 10.4. The molecule has 4 rings (SSSR count). The van der Waals surface area contributed by atoms with Crippen LogP contribution >= 0.6 is 0 Å². The molecule has 0 spiro atoms. The summed E-state index contributed by atoms with van der Waals surface area (Å²) in [7, 11) is 0. The molecule has 28 heavy (non-hydrogen) atoms. The number of aromatic nitrogens is 2. The number of fused-ring (bicyclic) bond motifs is 1. The van der Waals surface area contributed by atoms with E-state index < -0.39 is 5.41 Å². The largest absolute Gasteiger partial charge is 0.466 e. The highest BCUT2D eigenvalue weighted by molar-refractivity contribution is 5.91. The Labute approximate surface area is 165 Å². The molecule has 0 bridgehead atoms. The van der Waals surface area contributed by atoms with Gasteiger partial charge >= 0.3 is 5.97 Å². The zero-order chi connectivity index (χ0) is 19.6. The fourth-order valence-electron chi connectivity index (χ4n) is 5.22. The fraction of sp³-hybridized carbons (Fsp3) is 0.750. The molecule has 3 aliphatic rings. The van der Waals surface area contributed by atoms with Crippen molar-refractivity contribution in [1.82, 2.24) is 19.8 Å². The maximum atomic E-state index is 13.1. The lowest BCUT2D eigenvalue weighted by atomic mass is 9.61. The molecule has 154 valence electrons. The minimum absolute atomic E-state index is 0.137. The molecule has 0 radical (unpaired) electrons. The number of hydrogen-bond donors (Lipinski definition) is 1. The van der Waals surface area contributed by atoms with Crippen LogP contribution in [0.3, 0.4) is 0 Å². The van der Waals surface area contributed by atoms with Crippen molar-refractivity contribution in [3.05, 3.63) is 18.2 Å². The van der Waals surface area contributed by atoms with Gasteiger partial charge in [-0.25, -0.2) is 4.98 Å². The van der Waals surface area contributed by atoms with Crippen molar-refractivity contribution in [2.24, 2.45) is 11.3 Å². The highest BCUT2D eigenvalue weighted by Crippen LogP contribution is 2.48. The van der Waals surface area contributed by atoms with Gasteiger partial charge in [-0.3, -0.25) is 14.5 Å². The molecule has 1 N–H and O–H groups in total. The van der Waals surface area contributed by atoms with Crippen LogP contribution in [0.15, 0.2) is 12.4 Å². The summed E-state index contributed by atoms with van der Waals surface area (Å²) in [5.74, 6) is 0.299. The number of H-pyrrole nitrogens is 1. The first-order chi connectivity index (χ1) is 13.6. The highest BCUT2D eigenvalue weighted by atomic mass is 16.5. The molecule has 1 aromatic rings. The van der Waals surface area contributed by atoms with Gasteiger partial charge in [-0.1, -0.05) is 0 Å². The second-order valence-electron chi connectivity index (χ2n) is 8.10. The summed E-state index contributed by atoms with van der Waals surface area (Å²) in [5.41, 5.74) is -0.598. The van der Waals surface area contributed by atoms with Gasteiger partial charge in [0.05, 0.1) is 25.2 Å². The summed E-state index contributed by atoms with van der Waals surface area (Å²) in [5, 5.41) is 0. The fourth-order valence-corrected chi connectivity index (χ4v) is 5.22. The molecule has 2 aliphatic heterocycles. The number of rotatable bonds is 4. The van der Waals surface area contributed by atoms with Crippen LogP contribution in [0.25, 0.3) is 0 Å². The Balaban J connectivity index is 1.52. The van der Waals surface area contributed by atoms with Gasteiger partial charge in [0.25, 0.3) is 5.91 Å². The molecule has 1 aliphatic carbocycles. The number of imidazole rings is 1. The third-order valence-electron chi connectivity index (χ3n) is 6.71. The monoisotopic (exact) mass is 390 g/mol. The number of aromatic amines is 1. The van der Waals surface area contributed by atoms with Crippen molar-refractivity contribution < 1.29 is 19.1 Å². The van der Waals surface area contributed by atoms with Gasteiger partial charge in [0.15, 0.2) is 5.82 Å². The number of hydrogen-bond acceptors (Lipinski definition) is 6. The quantitative estimate of drug-likeness (QED) is 0.780. The molecular formula is C20H30N4O4. The second kappa shape index (κ2) is 8.21. The number of likely N-dealkylation sites (tertiary alicyclic amines) is 1. The average Bonchev–Trinajstić information content (AvgIpc) is 3.28. The molecule has 2 saturated heterocycles. The van der Waals surface area contributed by atoms with E-state index in [0.717, 1.165) is 52.0 Å². The molecule has 1 amide bonds. The Kier molecular flexibility index (Phi) is 5.68. The summed E-state index contributed by atoms with van der Waals surface area (Å²) in [6.45, 7) is 6.79. The van der Waals surface area contributed by atoms with E-state index in [1.165, 1.54) is 0 Å². The van der Waals surface area contributed by atoms with Crippen molar-refractivity contribution >= 4 is 11.9 Å². The maximum absolute atomic E-state index is 13.1. The lowest BCUT2D eigenvalue weighted by Gasteiger charge is -2.52. The standard InChI is InChI=1S/C20H30N4O4/c1-2-28-19(26)20-5-3-16(23-9-11-27-12-10-23)13-15(20)4-8-24(14-20)18(25)17-21-6-7-22-17/h6-7,15-16H,2-5,8-14H2,1H3,(H,21,22)/t15-,16+,20-/m1/s1. The van der Waals surface area contributed by atoms with Crippen LogP contribution in [-0.4, -0.2) is 83.7 Å². The zero-order valence-electron chi connectivity index (χ0n) is 16.6. The molecule has 8 heteroatoms. The number of carbonyl (C=O) groups is 2. The summed E-state index contributed by atoms with van der Waals surface area (Å²) in [6.07, 6.45) is 6.76. The van der Waals surface area contributed by atoms with E-state index in [2.05, 4.69) is 14.9 Å². The Bertz CT molecular complexity index is 688. The van der Waals surface area contributed by atoms with Gasteiger partial charge < -0.3 is 19.4 Å². The number of piperidine rings is 1. The van der Waals surface area contributed by atoms with E-state index in [-0.39, 0.29) is 17.8 Å². The predicted molar refractivity (Wildman–Crippen MR) is 102 cm³/mol. The molecule has 1 saturated carbocycles. The number of carbonyl (C=O) groups excluding carboxylic acids is 2. The number of nitrogens with zero attached hydrogens (tertiary/aromatic N) is 3. The lowest BCUT2D eigenvalue weighted by molar-refractivity contribution is -0.168. The predicted octanol–water partition coefficient (Wildman–Crippen LogP) is 1.31. The summed E-state index contributed by atoms with van der Waals surface area (Å²) in [4.78, 5) is 37.2. The van der Waals surface area contributed by atoms with Crippen molar-refractivity contribution in [3.63, 3.8) is 0 Å². The van der Waals surface area contributed by atoms with Crippen molar-refractivity contribution in [2.45, 2.75) is 38.6 Å². The SMILES string of the molecule is CCOC(=O)[C@@]12CC[C@H](N3CCOCC3)C[C@H]1CCN(C(=O)c1ncc[nH]1)C2. The first kappa shape index (κ1) is 19.4. The van der Waals surface area contributed by atoms with Crippen LogP contribution in [-0.2, 0) is 14.3 Å². The van der Waals surface area contributed by atoms with Gasteiger partial charge in [0.1, 0.15) is 0 Å². The topological polar surface area (TPSA) is 87.8 Å². The Hall–Kier alpha value is -1.93. The number of esters is 1. The molecule has 3 atom stereocenters. The number of amides is 1. The molecule has 0 aromatic carbocycles. The van der Waals surface area contributed by atoms with Crippen molar-refractivity contribution in [2.75, 3.05) is 46.0 Å². The van der Waals surface area contributed by atoms with E-state index in [1.54, 1.807) is 17.3 Å². The van der Waals surface area contributed by atoms with Crippen LogP contribution < -0.4 is 0 Å². The van der Waals surface area contributed by atoms with Crippen molar-refractivity contribution in [3.8, 4) is 0 Å². The van der Waals surface area contributed by atoms with Gasteiger partial charge in [0.2, 0.25) is 0 Å². The van der Waals surface area contributed by atoms with Crippen LogP contribution in [0, 0.1) is 11.3 Å². The van der Waals surface area contributed by atoms with E-state index in [4.69, 9.17) is 9.47 Å². The smallest absolute Gasteiger partial charge is 0.314 e. The highest BCUT2D eigenvalue weighted by Gasteiger charge is 2.54. The molecule has 3 fully saturated rings. The number of ether oxygens (including phenoxy) is 2. The van der Waals surface area contributed by atoms with Crippen LogP contribution in [0.5, 0.6) is 0 Å². The third-order valence-corrected chi connectivity index (χ3v) is 6.71. The average molecular weight is 390 g/mol. The Morgan fingerprint density at radius 2 is 2.14 bits per heavy atom. The van der Waals surface area contributed by atoms with Crippen LogP contribution in [0.1, 0.15) is 43.2 Å². The van der Waals surface area contributed by atoms with E-state index in [1.807, 2.05) is 6.92 Å². The second-order valence-corrected chi connectivity index (χ2v) is 8.10. The number of morpholine rings is 1. The Morgan fingerprint density at radius 1 is 1.32 bits per heavy atom. The maximum Gasteiger partial charge on any atom is 0.314 e. The van der Waals surface area contributed by atoms with Gasteiger partial charge in [-0.2, -0.15) is 0 Å². The molecule has 1 aromatic heterocycles.